The summed E-state index contributed by atoms with van der Waals surface area (Å²) in [4.78, 5) is 16.2. The Bertz CT molecular complexity index is 379. The monoisotopic (exact) mass is 222 g/mol. The number of pyridine rings is 1. The van der Waals surface area contributed by atoms with E-state index in [0.29, 0.717) is 18.8 Å². The molecular formula is C10H14N4O2. The van der Waals surface area contributed by atoms with E-state index in [2.05, 4.69) is 10.3 Å². The van der Waals surface area contributed by atoms with Gasteiger partial charge in [-0.1, -0.05) is 0 Å². The zero-order valence-corrected chi connectivity index (χ0v) is 8.76. The number of amides is 1. The first-order chi connectivity index (χ1) is 7.65. The zero-order chi connectivity index (χ0) is 11.5. The highest BCUT2D eigenvalue weighted by Gasteiger charge is 2.25. The van der Waals surface area contributed by atoms with Gasteiger partial charge in [0, 0.05) is 19.1 Å². The smallest absolute Gasteiger partial charge is 0.407 e. The summed E-state index contributed by atoms with van der Waals surface area (Å²) in [5.41, 5.74) is 6.14. The van der Waals surface area contributed by atoms with E-state index >= 15 is 0 Å². The Morgan fingerprint density at radius 2 is 2.44 bits per heavy atom. The fourth-order valence-electron chi connectivity index (χ4n) is 1.75. The topological polar surface area (TPSA) is 91.5 Å². The molecule has 1 fully saturated rings. The number of rotatable bonds is 2. The molecule has 1 amide bonds. The van der Waals surface area contributed by atoms with Crippen LogP contribution in [0.15, 0.2) is 18.3 Å². The number of aromatic nitrogens is 1. The number of carboxylic acid groups (broad SMARTS) is 1. The Labute approximate surface area is 93.1 Å². The van der Waals surface area contributed by atoms with E-state index in [1.807, 2.05) is 0 Å². The molecule has 1 aliphatic rings. The number of carbonyl (C=O) groups is 1. The Kier molecular flexibility index (Phi) is 2.80. The normalized spacial score (nSPS) is 19.8. The second-order valence-electron chi connectivity index (χ2n) is 3.84. The van der Waals surface area contributed by atoms with Crippen LogP contribution >= 0.6 is 0 Å². The van der Waals surface area contributed by atoms with Crippen LogP contribution in [0.1, 0.15) is 6.42 Å². The molecule has 6 heteroatoms. The summed E-state index contributed by atoms with van der Waals surface area (Å²) < 4.78 is 0. The Morgan fingerprint density at radius 1 is 1.62 bits per heavy atom. The van der Waals surface area contributed by atoms with Crippen molar-refractivity contribution in [3.63, 3.8) is 0 Å². The molecule has 2 rings (SSSR count). The third-order valence-electron chi connectivity index (χ3n) is 2.60. The van der Waals surface area contributed by atoms with Crippen LogP contribution in [0, 0.1) is 0 Å². The van der Waals surface area contributed by atoms with Gasteiger partial charge in [-0.15, -0.1) is 0 Å². The Hall–Kier alpha value is -1.98. The number of nitrogens with two attached hydrogens (primary N) is 1. The molecule has 0 saturated carbocycles. The predicted molar refractivity (Wildman–Crippen MR) is 60.3 cm³/mol. The third kappa shape index (κ3) is 2.33. The summed E-state index contributed by atoms with van der Waals surface area (Å²) in [6, 6.07) is 3.69. The van der Waals surface area contributed by atoms with Gasteiger partial charge < -0.3 is 21.1 Å². The number of nitrogens with zero attached hydrogens (tertiary/aromatic N) is 2. The van der Waals surface area contributed by atoms with E-state index in [4.69, 9.17) is 10.8 Å². The fraction of sp³-hybridized carbons (Fsp3) is 0.400. The molecule has 0 spiro atoms. The van der Waals surface area contributed by atoms with E-state index in [1.165, 1.54) is 4.90 Å². The number of anilines is 2. The van der Waals surface area contributed by atoms with Gasteiger partial charge in [-0.05, 0) is 18.6 Å². The number of likely N-dealkylation sites (tertiary alicyclic amines) is 1. The van der Waals surface area contributed by atoms with Gasteiger partial charge in [-0.3, -0.25) is 0 Å². The summed E-state index contributed by atoms with van der Waals surface area (Å²) in [6.45, 7) is 1.07. The lowest BCUT2D eigenvalue weighted by atomic mass is 10.2. The highest BCUT2D eigenvalue weighted by molar-refractivity contribution is 5.65. The molecule has 0 unspecified atom stereocenters. The van der Waals surface area contributed by atoms with Crippen molar-refractivity contribution >= 4 is 17.6 Å². The largest absolute Gasteiger partial charge is 0.465 e. The quantitative estimate of drug-likeness (QED) is 0.689. The molecule has 2 heterocycles. The van der Waals surface area contributed by atoms with Crippen LogP contribution in [0.3, 0.4) is 0 Å². The van der Waals surface area contributed by atoms with Crippen LogP contribution in [0.5, 0.6) is 0 Å². The van der Waals surface area contributed by atoms with Crippen molar-refractivity contribution in [2.24, 2.45) is 0 Å². The summed E-state index contributed by atoms with van der Waals surface area (Å²) >= 11 is 0. The van der Waals surface area contributed by atoms with Crippen molar-refractivity contribution < 1.29 is 9.90 Å². The van der Waals surface area contributed by atoms with E-state index in [1.54, 1.807) is 18.3 Å². The maximum absolute atomic E-state index is 10.7. The first-order valence-corrected chi connectivity index (χ1v) is 5.11. The van der Waals surface area contributed by atoms with Gasteiger partial charge >= 0.3 is 6.09 Å². The summed E-state index contributed by atoms with van der Waals surface area (Å²) in [7, 11) is 0. The maximum Gasteiger partial charge on any atom is 0.407 e. The van der Waals surface area contributed by atoms with Crippen LogP contribution in [0.4, 0.5) is 16.3 Å². The fourth-order valence-corrected chi connectivity index (χ4v) is 1.75. The molecule has 0 bridgehead atoms. The van der Waals surface area contributed by atoms with Crippen molar-refractivity contribution in [3.05, 3.63) is 18.3 Å². The molecule has 1 aliphatic heterocycles. The number of nitrogen functional groups attached to an aromatic ring is 1. The average molecular weight is 222 g/mol. The SMILES string of the molecule is Nc1ccc(N[C@H]2CCN(C(=O)O)C2)nc1. The Morgan fingerprint density at radius 3 is 3.00 bits per heavy atom. The molecule has 16 heavy (non-hydrogen) atoms. The number of hydrogen-bond donors (Lipinski definition) is 3. The van der Waals surface area contributed by atoms with Crippen LogP contribution in [0.2, 0.25) is 0 Å². The van der Waals surface area contributed by atoms with Crippen molar-refractivity contribution in [1.29, 1.82) is 0 Å². The van der Waals surface area contributed by atoms with Gasteiger partial charge in [-0.2, -0.15) is 0 Å². The van der Waals surface area contributed by atoms with Crippen LogP contribution in [-0.2, 0) is 0 Å². The molecule has 4 N–H and O–H groups in total. The zero-order valence-electron chi connectivity index (χ0n) is 8.76. The third-order valence-corrected chi connectivity index (χ3v) is 2.60. The minimum atomic E-state index is -0.866. The van der Waals surface area contributed by atoms with E-state index in [0.717, 1.165) is 12.2 Å². The van der Waals surface area contributed by atoms with Gasteiger partial charge in [0.1, 0.15) is 5.82 Å². The summed E-state index contributed by atoms with van der Waals surface area (Å²) in [5.74, 6) is 0.728. The lowest BCUT2D eigenvalue weighted by Crippen LogP contribution is -2.30. The van der Waals surface area contributed by atoms with Gasteiger partial charge in [0.15, 0.2) is 0 Å². The maximum atomic E-state index is 10.7. The average Bonchev–Trinajstić information content (AvgIpc) is 2.70. The molecule has 0 aromatic carbocycles. The number of nitrogens with one attached hydrogen (secondary N) is 1. The molecule has 1 saturated heterocycles. The van der Waals surface area contributed by atoms with Crippen molar-refractivity contribution in [2.45, 2.75) is 12.5 Å². The second kappa shape index (κ2) is 4.26. The molecule has 0 radical (unpaired) electrons. The summed E-state index contributed by atoms with van der Waals surface area (Å²) in [6.07, 6.45) is 1.51. The molecule has 86 valence electrons. The van der Waals surface area contributed by atoms with Gasteiger partial charge in [0.25, 0.3) is 0 Å². The highest BCUT2D eigenvalue weighted by atomic mass is 16.4. The van der Waals surface area contributed by atoms with Gasteiger partial charge in [0.05, 0.1) is 11.9 Å². The lowest BCUT2D eigenvalue weighted by Gasteiger charge is -2.14. The minimum absolute atomic E-state index is 0.132. The minimum Gasteiger partial charge on any atom is -0.465 e. The molecule has 1 aromatic heterocycles. The van der Waals surface area contributed by atoms with Gasteiger partial charge in [0.2, 0.25) is 0 Å². The van der Waals surface area contributed by atoms with E-state index < -0.39 is 6.09 Å². The Balaban J connectivity index is 1.92. The van der Waals surface area contributed by atoms with Crippen LogP contribution in [-0.4, -0.2) is 40.2 Å². The molecule has 1 atom stereocenters. The molecule has 1 aromatic rings. The summed E-state index contributed by atoms with van der Waals surface area (Å²) in [5, 5.41) is 12.0. The van der Waals surface area contributed by atoms with Gasteiger partial charge in [-0.25, -0.2) is 9.78 Å². The van der Waals surface area contributed by atoms with Crippen molar-refractivity contribution in [3.8, 4) is 0 Å². The standard InChI is InChI=1S/C10H14N4O2/c11-7-1-2-9(12-5-7)13-8-3-4-14(6-8)10(15)16/h1-2,5,8H,3-4,6,11H2,(H,12,13)(H,15,16)/t8-/m0/s1. The highest BCUT2D eigenvalue weighted by Crippen LogP contribution is 2.14. The van der Waals surface area contributed by atoms with E-state index in [9.17, 15) is 4.79 Å². The lowest BCUT2D eigenvalue weighted by molar-refractivity contribution is 0.155. The first-order valence-electron chi connectivity index (χ1n) is 5.11. The van der Waals surface area contributed by atoms with Crippen LogP contribution < -0.4 is 11.1 Å². The predicted octanol–water partition coefficient (Wildman–Crippen LogP) is 0.828. The molecule has 0 aliphatic carbocycles. The first kappa shape index (κ1) is 10.5. The number of hydrogen-bond acceptors (Lipinski definition) is 4. The van der Waals surface area contributed by atoms with Crippen LogP contribution in [0.25, 0.3) is 0 Å². The second-order valence-corrected chi connectivity index (χ2v) is 3.84. The molecule has 6 nitrogen and oxygen atoms in total. The van der Waals surface area contributed by atoms with Crippen molar-refractivity contribution in [2.75, 3.05) is 24.1 Å². The molecular weight excluding hydrogens is 208 g/mol. The van der Waals surface area contributed by atoms with E-state index in [-0.39, 0.29) is 6.04 Å². The van der Waals surface area contributed by atoms with Crippen molar-refractivity contribution in [1.82, 2.24) is 9.88 Å².